The Kier molecular flexibility index (Phi) is 3.84. The van der Waals surface area contributed by atoms with Gasteiger partial charge in [0.25, 0.3) is 5.91 Å². The molecule has 0 aliphatic rings. The lowest BCUT2D eigenvalue weighted by molar-refractivity contribution is 0.0946. The van der Waals surface area contributed by atoms with Crippen LogP contribution in [0, 0.1) is 0 Å². The highest BCUT2D eigenvalue weighted by atomic mass is 32.1. The first-order valence-corrected chi connectivity index (χ1v) is 6.11. The van der Waals surface area contributed by atoms with Crippen molar-refractivity contribution in [1.82, 2.24) is 19.9 Å². The number of rotatable bonds is 5. The Hall–Kier alpha value is -1.73. The molecule has 0 atom stereocenters. The highest BCUT2D eigenvalue weighted by Crippen LogP contribution is 2.01. The van der Waals surface area contributed by atoms with Crippen LogP contribution in [0.15, 0.2) is 23.4 Å². The highest BCUT2D eigenvalue weighted by Gasteiger charge is 2.08. The van der Waals surface area contributed by atoms with Gasteiger partial charge < -0.3 is 15.6 Å². The van der Waals surface area contributed by atoms with Crippen molar-refractivity contribution in [2.24, 2.45) is 5.73 Å². The molecule has 2 rings (SSSR count). The van der Waals surface area contributed by atoms with E-state index in [2.05, 4.69) is 15.3 Å². The predicted octanol–water partition coefficient (Wildman–Crippen LogP) is 0.228. The zero-order chi connectivity index (χ0) is 12.1. The molecule has 0 unspecified atom stereocenters. The van der Waals surface area contributed by atoms with Gasteiger partial charge >= 0.3 is 0 Å². The summed E-state index contributed by atoms with van der Waals surface area (Å²) in [5, 5.41) is 4.65. The Labute approximate surface area is 102 Å². The summed E-state index contributed by atoms with van der Waals surface area (Å²) in [5.41, 5.74) is 8.39. The summed E-state index contributed by atoms with van der Waals surface area (Å²) in [5.74, 6) is -0.200. The quantitative estimate of drug-likeness (QED) is 0.796. The maximum atomic E-state index is 11.7. The summed E-state index contributed by atoms with van der Waals surface area (Å²) in [6.45, 7) is 1.61. The zero-order valence-corrected chi connectivity index (χ0v) is 9.98. The van der Waals surface area contributed by atoms with Gasteiger partial charge in [0.15, 0.2) is 0 Å². The molecule has 0 radical (unpaired) electrons. The maximum absolute atomic E-state index is 11.7. The number of nitrogens with zero attached hydrogens (tertiary/aromatic N) is 3. The Morgan fingerprint density at radius 2 is 2.41 bits per heavy atom. The number of nitrogens with two attached hydrogens (primary N) is 1. The van der Waals surface area contributed by atoms with Crippen molar-refractivity contribution in [2.45, 2.75) is 13.1 Å². The van der Waals surface area contributed by atoms with Gasteiger partial charge in [-0.05, 0) is 0 Å². The minimum atomic E-state index is -0.200. The molecule has 2 aromatic rings. The van der Waals surface area contributed by atoms with Crippen LogP contribution in [0.1, 0.15) is 16.2 Å². The first-order valence-electron chi connectivity index (χ1n) is 5.16. The number of hydrogen-bond donors (Lipinski definition) is 2. The third-order valence-electron chi connectivity index (χ3n) is 2.17. The van der Waals surface area contributed by atoms with Gasteiger partial charge in [-0.2, -0.15) is 0 Å². The average Bonchev–Trinajstić information content (AvgIpc) is 2.97. The molecule has 3 N–H and O–H groups in total. The summed E-state index contributed by atoms with van der Waals surface area (Å²) >= 11 is 1.50. The van der Waals surface area contributed by atoms with Crippen molar-refractivity contribution in [2.75, 3.05) is 6.54 Å². The second-order valence-corrected chi connectivity index (χ2v) is 4.17. The van der Waals surface area contributed by atoms with Gasteiger partial charge in [0.2, 0.25) is 0 Å². The lowest BCUT2D eigenvalue weighted by Crippen LogP contribution is -2.23. The molecule has 0 aliphatic carbocycles. The molecule has 0 fully saturated rings. The SMILES string of the molecule is NCCn1cnc(C(=O)NCc2cscn2)c1. The number of carbonyl (C=O) groups is 1. The number of imidazole rings is 1. The minimum absolute atomic E-state index is 0.200. The second-order valence-electron chi connectivity index (χ2n) is 3.45. The average molecular weight is 251 g/mol. The van der Waals surface area contributed by atoms with Crippen molar-refractivity contribution < 1.29 is 4.79 Å². The molecule has 2 heterocycles. The maximum Gasteiger partial charge on any atom is 0.271 e. The monoisotopic (exact) mass is 251 g/mol. The van der Waals surface area contributed by atoms with Crippen molar-refractivity contribution >= 4 is 17.2 Å². The number of carbonyl (C=O) groups excluding carboxylic acids is 1. The van der Waals surface area contributed by atoms with Crippen molar-refractivity contribution in [3.63, 3.8) is 0 Å². The summed E-state index contributed by atoms with van der Waals surface area (Å²) in [7, 11) is 0. The largest absolute Gasteiger partial charge is 0.345 e. The third-order valence-corrected chi connectivity index (χ3v) is 2.80. The lowest BCUT2D eigenvalue weighted by Gasteiger charge is -2.00. The van der Waals surface area contributed by atoms with E-state index < -0.39 is 0 Å². The molecule has 1 amide bonds. The molecular formula is C10H13N5OS. The minimum Gasteiger partial charge on any atom is -0.345 e. The molecule has 90 valence electrons. The van der Waals surface area contributed by atoms with Crippen LogP contribution in [0.5, 0.6) is 0 Å². The number of aromatic nitrogens is 3. The number of amides is 1. The van der Waals surface area contributed by atoms with Crippen LogP contribution < -0.4 is 11.1 Å². The Bertz CT molecular complexity index is 479. The van der Waals surface area contributed by atoms with E-state index in [1.807, 2.05) is 5.38 Å². The molecule has 6 nitrogen and oxygen atoms in total. The lowest BCUT2D eigenvalue weighted by atomic mass is 10.4. The Balaban J connectivity index is 1.90. The molecule has 0 bridgehead atoms. The van der Waals surface area contributed by atoms with E-state index in [-0.39, 0.29) is 5.91 Å². The molecule has 0 aromatic carbocycles. The Morgan fingerprint density at radius 1 is 1.53 bits per heavy atom. The number of nitrogens with one attached hydrogen (secondary N) is 1. The molecule has 17 heavy (non-hydrogen) atoms. The van der Waals surface area contributed by atoms with Gasteiger partial charge in [0.05, 0.1) is 24.1 Å². The topological polar surface area (TPSA) is 85.8 Å². The highest BCUT2D eigenvalue weighted by molar-refractivity contribution is 7.07. The molecule has 0 saturated carbocycles. The standard InChI is InChI=1S/C10H13N5OS/c11-1-2-15-4-9(13-6-15)10(16)12-3-8-5-17-7-14-8/h4-7H,1-3,11H2,(H,12,16). The van der Waals surface area contributed by atoms with Crippen molar-refractivity contribution in [3.8, 4) is 0 Å². The van der Waals surface area contributed by atoms with Crippen LogP contribution in [-0.2, 0) is 13.1 Å². The van der Waals surface area contributed by atoms with E-state index in [9.17, 15) is 4.79 Å². The molecule has 0 saturated heterocycles. The molecule has 2 aromatic heterocycles. The van der Waals surface area contributed by atoms with Crippen LogP contribution >= 0.6 is 11.3 Å². The molecule has 0 aliphatic heterocycles. The van der Waals surface area contributed by atoms with Crippen LogP contribution in [0.25, 0.3) is 0 Å². The summed E-state index contributed by atoms with van der Waals surface area (Å²) in [6, 6.07) is 0. The van der Waals surface area contributed by atoms with Crippen molar-refractivity contribution in [3.05, 3.63) is 34.8 Å². The van der Waals surface area contributed by atoms with E-state index >= 15 is 0 Å². The third kappa shape index (κ3) is 3.11. The number of thiazole rings is 1. The van der Waals surface area contributed by atoms with Gasteiger partial charge in [-0.3, -0.25) is 4.79 Å². The molecular weight excluding hydrogens is 238 g/mol. The van der Waals surface area contributed by atoms with Gasteiger partial charge in [0, 0.05) is 24.7 Å². The van der Waals surface area contributed by atoms with Gasteiger partial charge in [-0.25, -0.2) is 9.97 Å². The molecule has 0 spiro atoms. The molecule has 7 heteroatoms. The van der Waals surface area contributed by atoms with E-state index in [1.54, 1.807) is 22.6 Å². The number of hydrogen-bond acceptors (Lipinski definition) is 5. The fourth-order valence-corrected chi connectivity index (χ4v) is 1.89. The van der Waals surface area contributed by atoms with Crippen LogP contribution in [0.4, 0.5) is 0 Å². The van der Waals surface area contributed by atoms with E-state index in [4.69, 9.17) is 5.73 Å². The fraction of sp³-hybridized carbons (Fsp3) is 0.300. The van der Waals surface area contributed by atoms with Gasteiger partial charge in [0.1, 0.15) is 5.69 Å². The normalized spacial score (nSPS) is 10.4. The Morgan fingerprint density at radius 3 is 3.12 bits per heavy atom. The van der Waals surface area contributed by atoms with E-state index in [0.717, 1.165) is 5.69 Å². The smallest absolute Gasteiger partial charge is 0.271 e. The van der Waals surface area contributed by atoms with Crippen LogP contribution in [0.2, 0.25) is 0 Å². The zero-order valence-electron chi connectivity index (χ0n) is 9.17. The summed E-state index contributed by atoms with van der Waals surface area (Å²) in [4.78, 5) is 19.8. The fourth-order valence-electron chi connectivity index (χ4n) is 1.33. The van der Waals surface area contributed by atoms with E-state index in [1.165, 1.54) is 11.3 Å². The predicted molar refractivity (Wildman–Crippen MR) is 64.6 cm³/mol. The van der Waals surface area contributed by atoms with Gasteiger partial charge in [-0.1, -0.05) is 0 Å². The summed E-state index contributed by atoms with van der Waals surface area (Å²) < 4.78 is 1.79. The van der Waals surface area contributed by atoms with Crippen LogP contribution in [-0.4, -0.2) is 27.0 Å². The van der Waals surface area contributed by atoms with Crippen molar-refractivity contribution in [1.29, 1.82) is 0 Å². The first kappa shape index (κ1) is 11.7. The second kappa shape index (κ2) is 5.55. The van der Waals surface area contributed by atoms with Crippen LogP contribution in [0.3, 0.4) is 0 Å². The van der Waals surface area contributed by atoms with E-state index in [0.29, 0.717) is 25.3 Å². The first-order chi connectivity index (χ1) is 8.29. The van der Waals surface area contributed by atoms with Gasteiger partial charge in [-0.15, -0.1) is 11.3 Å². The summed E-state index contributed by atoms with van der Waals surface area (Å²) in [6.07, 6.45) is 3.29.